The van der Waals surface area contributed by atoms with Crippen molar-refractivity contribution < 1.29 is 9.59 Å². The molecule has 0 atom stereocenters. The van der Waals surface area contributed by atoms with E-state index in [1.807, 2.05) is 43.3 Å². The van der Waals surface area contributed by atoms with Crippen molar-refractivity contribution >= 4 is 46.6 Å². The summed E-state index contributed by atoms with van der Waals surface area (Å²) < 4.78 is 0. The molecule has 2 aliphatic rings. The molecule has 0 spiro atoms. The lowest BCUT2D eigenvalue weighted by atomic mass is 10.0. The molecule has 2 aromatic carbocycles. The van der Waals surface area contributed by atoms with Crippen LogP contribution < -0.4 is 15.1 Å². The Morgan fingerprint density at radius 3 is 2.38 bits per heavy atom. The topological polar surface area (TPSA) is 52.7 Å². The van der Waals surface area contributed by atoms with Gasteiger partial charge in [0.15, 0.2) is 5.11 Å². The third-order valence-electron chi connectivity index (χ3n) is 5.44. The van der Waals surface area contributed by atoms with Gasteiger partial charge in [0, 0.05) is 18.8 Å². The first-order valence-electron chi connectivity index (χ1n) is 9.78. The molecule has 0 radical (unpaired) electrons. The summed E-state index contributed by atoms with van der Waals surface area (Å²) in [4.78, 5) is 29.5. The maximum absolute atomic E-state index is 13.2. The maximum atomic E-state index is 13.2. The predicted molar refractivity (Wildman–Crippen MR) is 120 cm³/mol. The first-order valence-corrected chi connectivity index (χ1v) is 10.2. The lowest BCUT2D eigenvalue weighted by Gasteiger charge is -2.30. The molecule has 29 heavy (non-hydrogen) atoms. The number of nitrogens with one attached hydrogen (secondary N) is 1. The normalized spacial score (nSPS) is 18.6. The van der Waals surface area contributed by atoms with Gasteiger partial charge >= 0.3 is 0 Å². The molecule has 2 aliphatic heterocycles. The van der Waals surface area contributed by atoms with Crippen LogP contribution in [-0.2, 0) is 9.59 Å². The molecule has 1 N–H and O–H groups in total. The SMILES string of the molecule is Cc1cc(/C=C2/C(=O)NC(=S)N(c3ccccc3C)C2=O)ccc1N1CCCC1. The van der Waals surface area contributed by atoms with Gasteiger partial charge in [-0.1, -0.05) is 24.3 Å². The van der Waals surface area contributed by atoms with Crippen LogP contribution in [0, 0.1) is 13.8 Å². The summed E-state index contributed by atoms with van der Waals surface area (Å²) in [5, 5.41) is 2.75. The highest BCUT2D eigenvalue weighted by Gasteiger charge is 2.35. The number of nitrogens with zero attached hydrogens (tertiary/aromatic N) is 2. The smallest absolute Gasteiger partial charge is 0.270 e. The van der Waals surface area contributed by atoms with Crippen LogP contribution in [0.3, 0.4) is 0 Å². The molecule has 2 amide bonds. The van der Waals surface area contributed by atoms with Crippen LogP contribution in [0.2, 0.25) is 0 Å². The molecule has 2 saturated heterocycles. The third kappa shape index (κ3) is 3.68. The largest absolute Gasteiger partial charge is 0.371 e. The Bertz CT molecular complexity index is 1040. The Kier molecular flexibility index (Phi) is 5.20. The van der Waals surface area contributed by atoms with Gasteiger partial charge in [0.25, 0.3) is 11.8 Å². The lowest BCUT2D eigenvalue weighted by Crippen LogP contribution is -2.54. The number of thiocarbonyl (C=S) groups is 1. The Morgan fingerprint density at radius 1 is 0.966 bits per heavy atom. The number of carbonyl (C=O) groups is 2. The number of carbonyl (C=O) groups excluding carboxylic acids is 2. The fraction of sp³-hybridized carbons (Fsp3) is 0.261. The molecule has 2 heterocycles. The zero-order valence-electron chi connectivity index (χ0n) is 16.6. The van der Waals surface area contributed by atoms with E-state index in [1.54, 1.807) is 6.08 Å². The van der Waals surface area contributed by atoms with E-state index in [0.29, 0.717) is 5.69 Å². The molecule has 0 saturated carbocycles. The molecule has 0 bridgehead atoms. The number of hydrogen-bond donors (Lipinski definition) is 1. The van der Waals surface area contributed by atoms with E-state index in [-0.39, 0.29) is 10.7 Å². The first kappa shape index (κ1) is 19.3. The van der Waals surface area contributed by atoms with E-state index in [0.717, 1.165) is 29.8 Å². The quantitative estimate of drug-likeness (QED) is 0.480. The summed E-state index contributed by atoms with van der Waals surface area (Å²) in [7, 11) is 0. The summed E-state index contributed by atoms with van der Waals surface area (Å²) >= 11 is 5.28. The molecule has 148 valence electrons. The van der Waals surface area contributed by atoms with Crippen LogP contribution in [0.25, 0.3) is 6.08 Å². The van der Waals surface area contributed by atoms with E-state index >= 15 is 0 Å². The number of aryl methyl sites for hydroxylation is 2. The van der Waals surface area contributed by atoms with Crippen molar-refractivity contribution in [2.75, 3.05) is 22.9 Å². The summed E-state index contributed by atoms with van der Waals surface area (Å²) in [5.41, 5.74) is 4.83. The van der Waals surface area contributed by atoms with Crippen LogP contribution >= 0.6 is 12.2 Å². The van der Waals surface area contributed by atoms with Crippen molar-refractivity contribution in [3.05, 3.63) is 64.7 Å². The second-order valence-electron chi connectivity index (χ2n) is 7.48. The summed E-state index contributed by atoms with van der Waals surface area (Å²) in [6, 6.07) is 13.5. The minimum Gasteiger partial charge on any atom is -0.371 e. The predicted octanol–water partition coefficient (Wildman–Crippen LogP) is 3.73. The number of benzene rings is 2. The van der Waals surface area contributed by atoms with Crippen LogP contribution in [0.4, 0.5) is 11.4 Å². The van der Waals surface area contributed by atoms with Gasteiger partial charge in [0.2, 0.25) is 0 Å². The van der Waals surface area contributed by atoms with E-state index in [4.69, 9.17) is 12.2 Å². The summed E-state index contributed by atoms with van der Waals surface area (Å²) in [6.07, 6.45) is 4.08. The van der Waals surface area contributed by atoms with Crippen molar-refractivity contribution in [2.45, 2.75) is 26.7 Å². The maximum Gasteiger partial charge on any atom is 0.270 e. The van der Waals surface area contributed by atoms with Crippen molar-refractivity contribution in [3.63, 3.8) is 0 Å². The van der Waals surface area contributed by atoms with Gasteiger partial charge in [-0.3, -0.25) is 19.8 Å². The fourth-order valence-corrected chi connectivity index (χ4v) is 4.21. The van der Waals surface area contributed by atoms with Crippen LogP contribution in [0.5, 0.6) is 0 Å². The van der Waals surface area contributed by atoms with Crippen molar-refractivity contribution in [2.24, 2.45) is 0 Å². The van der Waals surface area contributed by atoms with Crippen molar-refractivity contribution in [3.8, 4) is 0 Å². The zero-order chi connectivity index (χ0) is 20.5. The molecule has 0 aliphatic carbocycles. The minimum absolute atomic E-state index is 0.0789. The lowest BCUT2D eigenvalue weighted by molar-refractivity contribution is -0.122. The Morgan fingerprint density at radius 2 is 1.69 bits per heavy atom. The number of para-hydroxylation sites is 1. The molecule has 4 rings (SSSR count). The van der Waals surface area contributed by atoms with E-state index in [2.05, 4.69) is 23.2 Å². The molecular weight excluding hydrogens is 382 g/mol. The summed E-state index contributed by atoms with van der Waals surface area (Å²) in [5.74, 6) is -0.875. The van der Waals surface area contributed by atoms with Gasteiger partial charge in [-0.15, -0.1) is 0 Å². The second-order valence-corrected chi connectivity index (χ2v) is 7.87. The molecular formula is C23H23N3O2S. The highest BCUT2D eigenvalue weighted by molar-refractivity contribution is 7.80. The van der Waals surface area contributed by atoms with E-state index in [9.17, 15) is 9.59 Å². The van der Waals surface area contributed by atoms with Gasteiger partial charge in [-0.05, 0) is 79.9 Å². The van der Waals surface area contributed by atoms with E-state index in [1.165, 1.54) is 23.4 Å². The van der Waals surface area contributed by atoms with Gasteiger partial charge in [-0.25, -0.2) is 0 Å². The standard InChI is InChI=1S/C23H23N3O2S/c1-15-7-3-4-8-20(15)26-22(28)18(21(27)24-23(26)29)14-17-9-10-19(16(2)13-17)25-11-5-6-12-25/h3-4,7-10,13-14H,5-6,11-12H2,1-2H3,(H,24,27,29)/b18-14-. The van der Waals surface area contributed by atoms with Gasteiger partial charge < -0.3 is 4.90 Å². The van der Waals surface area contributed by atoms with Crippen molar-refractivity contribution in [1.29, 1.82) is 0 Å². The Labute approximate surface area is 176 Å². The highest BCUT2D eigenvalue weighted by Crippen LogP contribution is 2.28. The van der Waals surface area contributed by atoms with Crippen molar-refractivity contribution in [1.82, 2.24) is 5.32 Å². The number of rotatable bonds is 3. The molecule has 2 aromatic rings. The van der Waals surface area contributed by atoms with Gasteiger partial charge in [0.05, 0.1) is 5.69 Å². The minimum atomic E-state index is -0.467. The third-order valence-corrected chi connectivity index (χ3v) is 5.72. The molecule has 5 nitrogen and oxygen atoms in total. The fourth-order valence-electron chi connectivity index (χ4n) is 3.94. The monoisotopic (exact) mass is 405 g/mol. The van der Waals surface area contributed by atoms with Crippen LogP contribution in [-0.4, -0.2) is 30.0 Å². The van der Waals surface area contributed by atoms with E-state index < -0.39 is 11.8 Å². The molecule has 6 heteroatoms. The second kappa shape index (κ2) is 7.79. The zero-order valence-corrected chi connectivity index (χ0v) is 17.4. The Balaban J connectivity index is 1.68. The summed E-state index contributed by atoms with van der Waals surface area (Å²) in [6.45, 7) is 6.12. The molecule has 2 fully saturated rings. The molecule has 0 unspecified atom stereocenters. The number of amides is 2. The average Bonchev–Trinajstić information content (AvgIpc) is 3.21. The number of anilines is 2. The highest BCUT2D eigenvalue weighted by atomic mass is 32.1. The Hall–Kier alpha value is -2.99. The van der Waals surface area contributed by atoms with Crippen LogP contribution in [0.1, 0.15) is 29.5 Å². The number of hydrogen-bond acceptors (Lipinski definition) is 4. The average molecular weight is 406 g/mol. The van der Waals surface area contributed by atoms with Gasteiger partial charge in [-0.2, -0.15) is 0 Å². The first-order chi connectivity index (χ1) is 14.0. The van der Waals surface area contributed by atoms with Gasteiger partial charge in [0.1, 0.15) is 5.57 Å². The molecule has 0 aromatic heterocycles. The van der Waals surface area contributed by atoms with Crippen LogP contribution in [0.15, 0.2) is 48.0 Å².